The number of hydrogen-bond donors (Lipinski definition) is 1. The lowest BCUT2D eigenvalue weighted by Crippen LogP contribution is -2.33. The molecule has 0 heterocycles. The highest BCUT2D eigenvalue weighted by Gasteiger charge is 2.48. The van der Waals surface area contributed by atoms with Gasteiger partial charge in [0.25, 0.3) is 0 Å². The molecule has 35 heavy (non-hydrogen) atoms. The summed E-state index contributed by atoms with van der Waals surface area (Å²) in [5.41, 5.74) is -3.92. The molecule has 0 aliphatic carbocycles. The van der Waals surface area contributed by atoms with Gasteiger partial charge in [0.2, 0.25) is 0 Å². The summed E-state index contributed by atoms with van der Waals surface area (Å²) in [7, 11) is -4.61. The highest BCUT2D eigenvalue weighted by atomic mass is 32.2. The van der Waals surface area contributed by atoms with Gasteiger partial charge in [-0.05, 0) is 29.8 Å². The van der Waals surface area contributed by atoms with Crippen molar-refractivity contribution >= 4 is 27.6 Å². The van der Waals surface area contributed by atoms with Crippen LogP contribution in [0.5, 0.6) is 5.75 Å². The van der Waals surface area contributed by atoms with E-state index < -0.39 is 33.4 Å². The van der Waals surface area contributed by atoms with E-state index in [9.17, 15) is 31.2 Å². The van der Waals surface area contributed by atoms with Crippen molar-refractivity contribution in [3.05, 3.63) is 95.6 Å². The third kappa shape index (κ3) is 6.38. The van der Waals surface area contributed by atoms with Crippen molar-refractivity contribution in [1.82, 2.24) is 0 Å². The van der Waals surface area contributed by atoms with Gasteiger partial charge in [-0.3, -0.25) is 4.79 Å². The zero-order valence-corrected chi connectivity index (χ0v) is 19.1. The van der Waals surface area contributed by atoms with Crippen molar-refractivity contribution in [1.29, 1.82) is 0 Å². The number of alkyl halides is 3. The van der Waals surface area contributed by atoms with Crippen LogP contribution in [-0.4, -0.2) is 38.8 Å². The fourth-order valence-electron chi connectivity index (χ4n) is 3.17. The summed E-state index contributed by atoms with van der Waals surface area (Å²) in [6, 6.07) is 18.9. The van der Waals surface area contributed by atoms with E-state index in [-0.39, 0.29) is 12.2 Å². The van der Waals surface area contributed by atoms with Crippen LogP contribution in [0.15, 0.2) is 78.9 Å². The van der Waals surface area contributed by atoms with Crippen LogP contribution in [-0.2, 0) is 26.1 Å². The predicted octanol–water partition coefficient (Wildman–Crippen LogP) is 4.34. The minimum atomic E-state index is -5.80. The molecule has 3 aromatic rings. The van der Waals surface area contributed by atoms with Crippen molar-refractivity contribution in [2.75, 3.05) is 12.4 Å². The summed E-state index contributed by atoms with van der Waals surface area (Å²) in [6.07, 6.45) is 0.0207. The molecule has 0 radical (unpaired) electrons. The summed E-state index contributed by atoms with van der Waals surface area (Å²) in [6.45, 7) is 0. The lowest BCUT2D eigenvalue weighted by molar-refractivity contribution is -0.141. The fourth-order valence-corrected chi connectivity index (χ4v) is 3.62. The zero-order valence-electron chi connectivity index (χ0n) is 18.3. The molecule has 0 bridgehead atoms. The van der Waals surface area contributed by atoms with Gasteiger partial charge in [0.15, 0.2) is 5.78 Å². The zero-order chi connectivity index (χ0) is 25.6. The number of ether oxygens (including phenoxy) is 1. The minimum Gasteiger partial charge on any atom is -0.467 e. The van der Waals surface area contributed by atoms with Gasteiger partial charge in [0.1, 0.15) is 11.8 Å². The largest absolute Gasteiger partial charge is 0.534 e. The summed E-state index contributed by atoms with van der Waals surface area (Å²) in [4.78, 5) is 25.4. The summed E-state index contributed by atoms with van der Waals surface area (Å²) in [5, 5.41) is 3.00. The molecule has 1 N–H and O–H groups in total. The molecule has 3 rings (SSSR count). The molecule has 184 valence electrons. The highest BCUT2D eigenvalue weighted by molar-refractivity contribution is 7.88. The van der Waals surface area contributed by atoms with E-state index in [4.69, 9.17) is 4.74 Å². The van der Waals surface area contributed by atoms with Gasteiger partial charge in [-0.2, -0.15) is 21.6 Å². The summed E-state index contributed by atoms with van der Waals surface area (Å²) >= 11 is 0. The first-order chi connectivity index (χ1) is 16.5. The van der Waals surface area contributed by atoms with Crippen LogP contribution in [0.2, 0.25) is 0 Å². The van der Waals surface area contributed by atoms with E-state index in [0.29, 0.717) is 22.4 Å². The number of rotatable bonds is 9. The average Bonchev–Trinajstić information content (AvgIpc) is 2.84. The Morgan fingerprint density at radius 2 is 1.51 bits per heavy atom. The molecule has 0 aliphatic heterocycles. The van der Waals surface area contributed by atoms with Gasteiger partial charge in [-0.25, -0.2) is 4.79 Å². The monoisotopic (exact) mass is 507 g/mol. The SMILES string of the molecule is COC(=O)[C@H](Cc1ccc(OS(=O)(=O)C(F)(F)F)cc1)Nc1ccccc1C(=O)c1ccccc1. The number of carbonyl (C=O) groups excluding carboxylic acids is 2. The van der Waals surface area contributed by atoms with Gasteiger partial charge >= 0.3 is 21.6 Å². The molecule has 0 saturated heterocycles. The topological polar surface area (TPSA) is 98.8 Å². The van der Waals surface area contributed by atoms with Crippen molar-refractivity contribution in [3.63, 3.8) is 0 Å². The van der Waals surface area contributed by atoms with Crippen LogP contribution < -0.4 is 9.50 Å². The maximum atomic E-state index is 13.0. The second-order valence-corrected chi connectivity index (χ2v) is 8.83. The fraction of sp³-hybridized carbons (Fsp3) is 0.167. The molecule has 0 amide bonds. The normalized spacial score (nSPS) is 12.5. The van der Waals surface area contributed by atoms with E-state index in [1.54, 1.807) is 54.6 Å². The Balaban J connectivity index is 1.81. The highest BCUT2D eigenvalue weighted by Crippen LogP contribution is 2.27. The number of hydrogen-bond acceptors (Lipinski definition) is 7. The molecule has 0 spiro atoms. The van der Waals surface area contributed by atoms with Crippen LogP contribution in [0.1, 0.15) is 21.5 Å². The van der Waals surface area contributed by atoms with Crippen molar-refractivity contribution in [3.8, 4) is 5.75 Å². The van der Waals surface area contributed by atoms with Crippen LogP contribution in [0.4, 0.5) is 18.9 Å². The number of nitrogens with one attached hydrogen (secondary N) is 1. The number of carbonyl (C=O) groups is 2. The van der Waals surface area contributed by atoms with E-state index in [1.165, 1.54) is 19.2 Å². The average molecular weight is 507 g/mol. The Morgan fingerprint density at radius 3 is 2.11 bits per heavy atom. The van der Waals surface area contributed by atoms with Crippen molar-refractivity contribution < 1.29 is 40.1 Å². The van der Waals surface area contributed by atoms with E-state index >= 15 is 0 Å². The quantitative estimate of drug-likeness (QED) is 0.199. The van der Waals surface area contributed by atoms with Crippen LogP contribution in [0.3, 0.4) is 0 Å². The molecule has 0 saturated carbocycles. The Morgan fingerprint density at radius 1 is 0.914 bits per heavy atom. The van der Waals surface area contributed by atoms with Gasteiger partial charge < -0.3 is 14.2 Å². The molecule has 1 atom stereocenters. The van der Waals surface area contributed by atoms with Gasteiger partial charge in [-0.15, -0.1) is 0 Å². The summed E-state index contributed by atoms with van der Waals surface area (Å²) < 4.78 is 68.8. The molecule has 0 aromatic heterocycles. The van der Waals surface area contributed by atoms with Crippen LogP contribution in [0.25, 0.3) is 0 Å². The number of halogens is 3. The molecular formula is C24H20F3NO6S. The molecule has 0 aliphatic rings. The second-order valence-electron chi connectivity index (χ2n) is 7.29. The van der Waals surface area contributed by atoms with Crippen molar-refractivity contribution in [2.45, 2.75) is 18.0 Å². The molecule has 3 aromatic carbocycles. The van der Waals surface area contributed by atoms with Gasteiger partial charge in [0, 0.05) is 23.2 Å². The van der Waals surface area contributed by atoms with E-state index in [2.05, 4.69) is 9.50 Å². The Hall–Kier alpha value is -3.86. The lowest BCUT2D eigenvalue weighted by atomic mass is 10.00. The maximum Gasteiger partial charge on any atom is 0.534 e. The maximum absolute atomic E-state index is 13.0. The molecule has 0 fully saturated rings. The van der Waals surface area contributed by atoms with Gasteiger partial charge in [0.05, 0.1) is 7.11 Å². The third-order valence-corrected chi connectivity index (χ3v) is 5.85. The first-order valence-corrected chi connectivity index (χ1v) is 11.6. The first-order valence-electron chi connectivity index (χ1n) is 10.1. The molecule has 7 nitrogen and oxygen atoms in total. The number of methoxy groups -OCH3 is 1. The van der Waals surface area contributed by atoms with Crippen molar-refractivity contribution in [2.24, 2.45) is 0 Å². The second kappa shape index (κ2) is 10.6. The van der Waals surface area contributed by atoms with Crippen LogP contribution >= 0.6 is 0 Å². The Kier molecular flexibility index (Phi) is 7.80. The smallest absolute Gasteiger partial charge is 0.467 e. The third-order valence-electron chi connectivity index (χ3n) is 4.88. The number of para-hydroxylation sites is 1. The molecular weight excluding hydrogens is 487 g/mol. The number of esters is 1. The lowest BCUT2D eigenvalue weighted by Gasteiger charge is -2.20. The number of anilines is 1. The van der Waals surface area contributed by atoms with E-state index in [0.717, 1.165) is 12.1 Å². The molecule has 11 heteroatoms. The predicted molar refractivity (Wildman–Crippen MR) is 121 cm³/mol. The first kappa shape index (κ1) is 25.8. The molecule has 0 unspecified atom stereocenters. The number of ketones is 1. The number of benzene rings is 3. The Labute approximate surface area is 199 Å². The summed E-state index contributed by atoms with van der Waals surface area (Å²) in [5.74, 6) is -1.44. The van der Waals surface area contributed by atoms with Gasteiger partial charge in [-0.1, -0.05) is 54.6 Å². The minimum absolute atomic E-state index is 0.0207. The standard InChI is InChI=1S/C24H20F3NO6S/c1-33-23(30)21(15-16-11-13-18(14-12-16)34-35(31,32)24(25,26)27)28-20-10-6-5-9-19(20)22(29)17-7-3-2-4-8-17/h2-14,21,28H,15H2,1H3/t21-/m0/s1. The van der Waals surface area contributed by atoms with Crippen LogP contribution in [0, 0.1) is 0 Å². The Bertz CT molecular complexity index is 1290. The van der Waals surface area contributed by atoms with E-state index in [1.807, 2.05) is 0 Å².